The molecule has 0 fully saturated rings. The molecule has 0 spiro atoms. The van der Waals surface area contributed by atoms with Crippen molar-refractivity contribution < 1.29 is 0 Å². The summed E-state index contributed by atoms with van der Waals surface area (Å²) >= 11 is 0. The first-order valence-corrected chi connectivity index (χ1v) is 43.1. The number of para-hydroxylation sites is 4. The highest BCUT2D eigenvalue weighted by molar-refractivity contribution is 6.21. The quantitative estimate of drug-likeness (QED) is 0.119. The monoisotopic (exact) mass is 1630 g/mol. The van der Waals surface area contributed by atoms with Gasteiger partial charge in [-0.05, 0) is 142 Å². The molecule has 0 atom stereocenters. The summed E-state index contributed by atoms with van der Waals surface area (Å²) in [5.74, 6) is 3.11. The Morgan fingerprint density at radius 1 is 0.117 bits per heavy atom. The molecule has 0 aliphatic heterocycles. The molecule has 18 aromatic carbocycles. The normalized spacial score (nSPS) is 11.8. The molecule has 0 amide bonds. The number of fused-ring (bicyclic) bond motifs is 16. The molecule has 26 aromatic rings. The lowest BCUT2D eigenvalue weighted by Gasteiger charge is -2.15. The molecule has 0 unspecified atom stereocenters. The van der Waals surface area contributed by atoms with Crippen molar-refractivity contribution in [2.45, 2.75) is 0 Å². The Bertz CT molecular complexity index is 8390. The number of rotatable bonds is 12. The van der Waals surface area contributed by atoms with E-state index in [0.717, 1.165) is 244 Å². The Morgan fingerprint density at radius 2 is 0.297 bits per heavy atom. The lowest BCUT2D eigenvalue weighted by molar-refractivity contribution is 1.08. The van der Waals surface area contributed by atoms with Crippen LogP contribution in [0.1, 0.15) is 0 Å². The highest BCUT2D eigenvalue weighted by atomic mass is 15.1. The van der Waals surface area contributed by atoms with E-state index in [-0.39, 0.29) is 0 Å². The Morgan fingerprint density at radius 3 is 0.531 bits per heavy atom. The van der Waals surface area contributed by atoms with Gasteiger partial charge in [0.2, 0.25) is 0 Å². The molecule has 596 valence electrons. The van der Waals surface area contributed by atoms with Crippen LogP contribution in [0.4, 0.5) is 0 Å². The van der Waals surface area contributed by atoms with E-state index >= 15 is 0 Å². The first kappa shape index (κ1) is 73.3. The Kier molecular flexibility index (Phi) is 17.3. The highest BCUT2D eigenvalue weighted by Gasteiger charge is 2.29. The average Bonchev–Trinajstić information content (AvgIpc) is 1.56. The zero-order chi connectivity index (χ0) is 84.3. The Hall–Kier alpha value is -17.5. The van der Waals surface area contributed by atoms with Crippen molar-refractivity contribution in [2.75, 3.05) is 0 Å². The Balaban J connectivity index is 0.000000139. The second-order valence-corrected chi connectivity index (χ2v) is 32.5. The second kappa shape index (κ2) is 30.2. The molecule has 0 bridgehead atoms. The summed E-state index contributed by atoms with van der Waals surface area (Å²) in [6.07, 6.45) is 0. The van der Waals surface area contributed by atoms with E-state index in [9.17, 15) is 0 Å². The summed E-state index contributed by atoms with van der Waals surface area (Å²) in [6.45, 7) is 0. The van der Waals surface area contributed by atoms with Gasteiger partial charge < -0.3 is 0 Å². The first-order valence-electron chi connectivity index (χ1n) is 43.1. The molecule has 0 aliphatic rings. The fourth-order valence-electron chi connectivity index (χ4n) is 19.0. The fraction of sp³-hybridized carbons (Fsp3) is 0. The van der Waals surface area contributed by atoms with Gasteiger partial charge in [-0.2, -0.15) is 0 Å². The van der Waals surface area contributed by atoms with Crippen LogP contribution < -0.4 is 0 Å². The molecule has 12 heteroatoms. The fourth-order valence-corrected chi connectivity index (χ4v) is 19.0. The molecule has 8 aromatic heterocycles. The van der Waals surface area contributed by atoms with Crippen LogP contribution in [0.2, 0.25) is 0 Å². The van der Waals surface area contributed by atoms with Crippen molar-refractivity contribution in [3.05, 3.63) is 437 Å². The summed E-state index contributed by atoms with van der Waals surface area (Å²) in [5, 5.41) is 8.91. The van der Waals surface area contributed by atoms with E-state index in [1.807, 2.05) is 48.5 Å². The molecule has 8 heterocycles. The van der Waals surface area contributed by atoms with E-state index in [0.29, 0.717) is 0 Å². The molecule has 0 aliphatic carbocycles. The van der Waals surface area contributed by atoms with Crippen LogP contribution in [0, 0.1) is 0 Å². The van der Waals surface area contributed by atoms with Crippen molar-refractivity contribution in [3.8, 4) is 113 Å². The summed E-state index contributed by atoms with van der Waals surface area (Å²) in [4.78, 5) is 43.8. The molecule has 12 nitrogen and oxygen atoms in total. The SMILES string of the molecule is c1ccc(-c2ccc3nc(-c4ccccc4)c(-n4c5ccccc5c5cc6c(cc54)c4ccccc4n6-c4nc5cc(-c6ccccc6)ccc5nc4-c4ccccc4)nc3c2)cc1.c1ccc(-c2ccc3nc(-n4c5ccccc5c5cc6c(cc54)c4ccccc4n6-c4nc5ccc(-c6ccccc6)cc5nc4-c4ccccc4)c(-c4ccccc4)nc3c2)cc1. The first-order chi connectivity index (χ1) is 63.5. The maximum Gasteiger partial charge on any atom is 0.165 e. The average molecular weight is 1630 g/mol. The van der Waals surface area contributed by atoms with Crippen molar-refractivity contribution in [2.24, 2.45) is 0 Å². The third kappa shape index (κ3) is 12.4. The van der Waals surface area contributed by atoms with Crippen molar-refractivity contribution in [3.63, 3.8) is 0 Å². The maximum absolute atomic E-state index is 5.56. The van der Waals surface area contributed by atoms with Crippen LogP contribution in [0.15, 0.2) is 437 Å². The predicted molar refractivity (Wildman–Crippen MR) is 526 cm³/mol. The molecular weight excluding hydrogens is 1560 g/mol. The third-order valence-electron chi connectivity index (χ3n) is 25.0. The minimum atomic E-state index is 0.777. The number of nitrogens with zero attached hydrogens (tertiary/aromatic N) is 12. The zero-order valence-corrected chi connectivity index (χ0v) is 68.9. The van der Waals surface area contributed by atoms with Gasteiger partial charge in [-0.15, -0.1) is 0 Å². The van der Waals surface area contributed by atoms with Crippen LogP contribution >= 0.6 is 0 Å². The van der Waals surface area contributed by atoms with Crippen LogP contribution in [0.3, 0.4) is 0 Å². The molecule has 0 saturated heterocycles. The van der Waals surface area contributed by atoms with Crippen molar-refractivity contribution in [1.82, 2.24) is 58.1 Å². The van der Waals surface area contributed by atoms with Gasteiger partial charge in [0, 0.05) is 65.3 Å². The van der Waals surface area contributed by atoms with Gasteiger partial charge in [0.25, 0.3) is 0 Å². The minimum Gasteiger partial charge on any atom is -0.292 e. The lowest BCUT2D eigenvalue weighted by Crippen LogP contribution is -2.04. The second-order valence-electron chi connectivity index (χ2n) is 32.5. The van der Waals surface area contributed by atoms with Crippen LogP contribution in [0.25, 0.3) is 244 Å². The number of hydrogen-bond acceptors (Lipinski definition) is 8. The molecule has 0 saturated carbocycles. The standard InChI is InChI=1S/2C58H36N6/c1-5-17-37(18-6-1)41-29-31-47-49(33-41)59-55(39-21-9-3-10-22-39)57(61-47)63-51-27-15-13-25-43(51)45-36-54-46(35-53(45)63)44-26-14-16-28-52(44)64(54)58-56(40-23-11-4-12-24-40)60-50-34-42(30-32-48(50)62-58)38-19-7-2-8-20-38;1-5-17-37(18-6-1)41-29-31-47-49(33-41)61-57(55(59-47)39-21-9-3-10-22-39)63-51-27-15-13-25-43(51)45-36-54-46(35-53(45)63)44-26-14-16-28-52(44)64(54)58-56(40-23-11-4-12-24-40)60-48-32-30-42(34-50(48)62-58)38-19-7-2-8-20-38/h2*1-36H. The van der Waals surface area contributed by atoms with E-state index in [1.54, 1.807) is 0 Å². The third-order valence-corrected chi connectivity index (χ3v) is 25.0. The summed E-state index contributed by atoms with van der Waals surface area (Å²) in [7, 11) is 0. The largest absolute Gasteiger partial charge is 0.292 e. The smallest absolute Gasteiger partial charge is 0.165 e. The molecule has 128 heavy (non-hydrogen) atoms. The number of hydrogen-bond donors (Lipinski definition) is 0. The summed E-state index contributed by atoms with van der Waals surface area (Å²) in [6, 6.07) is 153. The zero-order valence-electron chi connectivity index (χ0n) is 68.9. The number of aromatic nitrogens is 12. The van der Waals surface area contributed by atoms with E-state index < -0.39 is 0 Å². The summed E-state index contributed by atoms with van der Waals surface area (Å²) < 4.78 is 9.25. The van der Waals surface area contributed by atoms with Gasteiger partial charge in [0.1, 0.15) is 22.8 Å². The number of benzene rings is 18. The van der Waals surface area contributed by atoms with Crippen molar-refractivity contribution in [1.29, 1.82) is 0 Å². The van der Waals surface area contributed by atoms with E-state index in [2.05, 4.69) is 407 Å². The maximum atomic E-state index is 5.56. The minimum absolute atomic E-state index is 0.777. The Labute approximate surface area is 734 Å². The van der Waals surface area contributed by atoms with E-state index in [1.165, 1.54) is 0 Å². The van der Waals surface area contributed by atoms with Gasteiger partial charge >= 0.3 is 0 Å². The van der Waals surface area contributed by atoms with Gasteiger partial charge in [0.05, 0.1) is 88.3 Å². The van der Waals surface area contributed by atoms with Gasteiger partial charge in [-0.3, -0.25) is 18.3 Å². The molecule has 0 radical (unpaired) electrons. The van der Waals surface area contributed by atoms with Crippen LogP contribution in [-0.4, -0.2) is 58.1 Å². The lowest BCUT2D eigenvalue weighted by atomic mass is 10.0. The molecule has 26 rings (SSSR count). The van der Waals surface area contributed by atoms with Gasteiger partial charge in [-0.1, -0.05) is 340 Å². The van der Waals surface area contributed by atoms with Crippen LogP contribution in [-0.2, 0) is 0 Å². The highest BCUT2D eigenvalue weighted by Crippen LogP contribution is 2.47. The molecule has 0 N–H and O–H groups in total. The van der Waals surface area contributed by atoms with Gasteiger partial charge in [-0.25, -0.2) is 39.9 Å². The van der Waals surface area contributed by atoms with Gasteiger partial charge in [0.15, 0.2) is 23.3 Å². The van der Waals surface area contributed by atoms with Crippen molar-refractivity contribution >= 4 is 131 Å². The van der Waals surface area contributed by atoms with Crippen LogP contribution in [0.5, 0.6) is 0 Å². The topological polar surface area (TPSA) is 123 Å². The van der Waals surface area contributed by atoms with E-state index in [4.69, 9.17) is 39.9 Å². The predicted octanol–water partition coefficient (Wildman–Crippen LogP) is 28.9. The summed E-state index contributed by atoms with van der Waals surface area (Å²) in [5.41, 5.74) is 31.3. The molecular formula is C116H72N12.